The lowest BCUT2D eigenvalue weighted by molar-refractivity contribution is -0.136. The summed E-state index contributed by atoms with van der Waals surface area (Å²) in [5.41, 5.74) is 1.92. The van der Waals surface area contributed by atoms with Gasteiger partial charge in [-0.3, -0.25) is 4.79 Å². The Morgan fingerprint density at radius 2 is 1.89 bits per heavy atom. The zero-order valence-electron chi connectivity index (χ0n) is 15.8. The van der Waals surface area contributed by atoms with E-state index in [9.17, 15) is 9.59 Å². The molecular formula is C20H21BN2O5. The maximum Gasteiger partial charge on any atom is 0.320 e. The van der Waals surface area contributed by atoms with Crippen molar-refractivity contribution in [3.8, 4) is 17.2 Å². The average molecular weight is 380 g/mol. The lowest BCUT2D eigenvalue weighted by Gasteiger charge is -2.20. The molecule has 2 amide bonds. The molecule has 1 N–H and O–H groups in total. The van der Waals surface area contributed by atoms with E-state index in [0.29, 0.717) is 47.9 Å². The van der Waals surface area contributed by atoms with Crippen LogP contribution in [0, 0.1) is 0 Å². The second-order valence-corrected chi connectivity index (χ2v) is 6.65. The van der Waals surface area contributed by atoms with Gasteiger partial charge in [0.05, 0.1) is 20.1 Å². The van der Waals surface area contributed by atoms with Crippen molar-refractivity contribution in [2.24, 2.45) is 0 Å². The number of aliphatic carboxylic acids is 1. The molecule has 0 aromatic heterocycles. The number of rotatable bonds is 7. The van der Waals surface area contributed by atoms with E-state index in [1.165, 1.54) is 7.11 Å². The minimum absolute atomic E-state index is 0.0468. The van der Waals surface area contributed by atoms with Crippen LogP contribution in [0.25, 0.3) is 0 Å². The van der Waals surface area contributed by atoms with Crippen LogP contribution < -0.4 is 14.9 Å². The van der Waals surface area contributed by atoms with Crippen LogP contribution >= 0.6 is 0 Å². The highest BCUT2D eigenvalue weighted by molar-refractivity contribution is 6.32. The van der Waals surface area contributed by atoms with E-state index in [4.69, 9.17) is 22.4 Å². The lowest BCUT2D eigenvalue weighted by Crippen LogP contribution is -2.29. The molecule has 3 rings (SSSR count). The van der Waals surface area contributed by atoms with Crippen molar-refractivity contribution in [3.05, 3.63) is 47.5 Å². The van der Waals surface area contributed by atoms with Gasteiger partial charge in [-0.05, 0) is 23.8 Å². The summed E-state index contributed by atoms with van der Waals surface area (Å²) >= 11 is 0. The Hall–Kier alpha value is -3.16. The highest BCUT2D eigenvalue weighted by Crippen LogP contribution is 2.34. The van der Waals surface area contributed by atoms with Crippen LogP contribution in [0.5, 0.6) is 17.2 Å². The van der Waals surface area contributed by atoms with Crippen molar-refractivity contribution in [2.45, 2.75) is 13.0 Å². The summed E-state index contributed by atoms with van der Waals surface area (Å²) in [6.45, 7) is 1.66. The summed E-state index contributed by atoms with van der Waals surface area (Å²) < 4.78 is 11.4. The minimum atomic E-state index is -0.930. The number of ether oxygens (including phenoxy) is 2. The van der Waals surface area contributed by atoms with Gasteiger partial charge in [0.1, 0.15) is 13.6 Å². The van der Waals surface area contributed by atoms with Crippen LogP contribution in [0.4, 0.5) is 4.79 Å². The SMILES string of the molecule is [B]c1ccc(Oc2cc(CC(=O)O)ccc2OC)c(CN2CCN(C)C2=O)c1. The van der Waals surface area contributed by atoms with Crippen molar-refractivity contribution in [2.75, 3.05) is 27.2 Å². The number of urea groups is 1. The van der Waals surface area contributed by atoms with Crippen molar-refractivity contribution >= 4 is 25.3 Å². The fourth-order valence-electron chi connectivity index (χ4n) is 3.08. The minimum Gasteiger partial charge on any atom is -0.493 e. The van der Waals surface area contributed by atoms with Crippen molar-refractivity contribution in [3.63, 3.8) is 0 Å². The molecule has 0 saturated carbocycles. The number of nitrogens with zero attached hydrogens (tertiary/aromatic N) is 2. The zero-order chi connectivity index (χ0) is 20.3. The molecule has 2 aromatic carbocycles. The Labute approximate surface area is 164 Å². The second kappa shape index (κ2) is 8.25. The first kappa shape index (κ1) is 19.6. The van der Waals surface area contributed by atoms with E-state index in [1.807, 2.05) is 0 Å². The van der Waals surface area contributed by atoms with Crippen LogP contribution in [0.2, 0.25) is 0 Å². The number of amides is 2. The third-order valence-corrected chi connectivity index (χ3v) is 4.55. The van der Waals surface area contributed by atoms with Crippen LogP contribution in [-0.2, 0) is 17.8 Å². The summed E-state index contributed by atoms with van der Waals surface area (Å²) in [4.78, 5) is 26.6. The first-order chi connectivity index (χ1) is 13.4. The third kappa shape index (κ3) is 4.39. The van der Waals surface area contributed by atoms with E-state index < -0.39 is 5.97 Å². The van der Waals surface area contributed by atoms with Gasteiger partial charge in [0.25, 0.3) is 0 Å². The van der Waals surface area contributed by atoms with E-state index in [2.05, 4.69) is 0 Å². The normalized spacial score (nSPS) is 13.7. The van der Waals surface area contributed by atoms with Gasteiger partial charge in [0, 0.05) is 25.7 Å². The number of hydrogen-bond acceptors (Lipinski definition) is 4. The number of likely N-dealkylation sites (N-methyl/N-ethyl adjacent to an activating group) is 1. The Balaban J connectivity index is 1.90. The number of carboxylic acid groups (broad SMARTS) is 1. The molecule has 2 aromatic rings. The standard InChI is InChI=1S/C20H21BN2O5/c1-22-7-8-23(20(22)26)12-14-11-15(21)4-6-16(14)28-18-9-13(10-19(24)25)3-5-17(18)27-2/h3-6,9,11H,7-8,10,12H2,1-2H3,(H,24,25). The average Bonchev–Trinajstić information content (AvgIpc) is 2.96. The number of carboxylic acids is 1. The summed E-state index contributed by atoms with van der Waals surface area (Å²) in [5.74, 6) is 0.481. The molecule has 0 bridgehead atoms. The highest BCUT2D eigenvalue weighted by atomic mass is 16.5. The monoisotopic (exact) mass is 380 g/mol. The van der Waals surface area contributed by atoms with Crippen molar-refractivity contribution in [1.29, 1.82) is 0 Å². The van der Waals surface area contributed by atoms with Gasteiger partial charge in [-0.25, -0.2) is 4.79 Å². The van der Waals surface area contributed by atoms with Gasteiger partial charge in [-0.2, -0.15) is 0 Å². The maximum absolute atomic E-state index is 12.2. The predicted octanol–water partition coefficient (Wildman–Crippen LogP) is 1.78. The molecule has 1 fully saturated rings. The van der Waals surface area contributed by atoms with Gasteiger partial charge >= 0.3 is 12.0 Å². The molecule has 0 unspecified atom stereocenters. The third-order valence-electron chi connectivity index (χ3n) is 4.55. The molecule has 1 saturated heterocycles. The molecular weight excluding hydrogens is 359 g/mol. The fourth-order valence-corrected chi connectivity index (χ4v) is 3.08. The first-order valence-electron chi connectivity index (χ1n) is 8.82. The smallest absolute Gasteiger partial charge is 0.320 e. The number of benzene rings is 2. The fraction of sp³-hybridized carbons (Fsp3) is 0.300. The molecule has 1 aliphatic rings. The molecule has 1 heterocycles. The molecule has 7 nitrogen and oxygen atoms in total. The highest BCUT2D eigenvalue weighted by Gasteiger charge is 2.26. The van der Waals surface area contributed by atoms with Crippen molar-refractivity contribution < 1.29 is 24.2 Å². The summed E-state index contributed by atoms with van der Waals surface area (Å²) in [6.07, 6.45) is -0.121. The Morgan fingerprint density at radius 3 is 2.54 bits per heavy atom. The summed E-state index contributed by atoms with van der Waals surface area (Å²) in [6, 6.07) is 10.2. The number of carbonyl (C=O) groups excluding carboxylic acids is 1. The molecule has 0 spiro atoms. The zero-order valence-corrected chi connectivity index (χ0v) is 15.8. The number of methoxy groups -OCH3 is 1. The molecule has 8 heteroatoms. The molecule has 2 radical (unpaired) electrons. The van der Waals surface area contributed by atoms with Gasteiger partial charge in [0.2, 0.25) is 0 Å². The predicted molar refractivity (Wildman–Crippen MR) is 105 cm³/mol. The molecule has 144 valence electrons. The van der Waals surface area contributed by atoms with Crippen molar-refractivity contribution in [1.82, 2.24) is 9.80 Å². The molecule has 0 aliphatic carbocycles. The lowest BCUT2D eigenvalue weighted by atomic mass is 9.94. The number of carbonyl (C=O) groups is 2. The van der Waals surface area contributed by atoms with Gasteiger partial charge in [-0.1, -0.05) is 23.7 Å². The van der Waals surface area contributed by atoms with E-state index in [-0.39, 0.29) is 12.5 Å². The van der Waals surface area contributed by atoms with Gasteiger partial charge in [-0.15, -0.1) is 0 Å². The van der Waals surface area contributed by atoms with E-state index >= 15 is 0 Å². The first-order valence-corrected chi connectivity index (χ1v) is 8.82. The van der Waals surface area contributed by atoms with Gasteiger partial charge < -0.3 is 24.4 Å². The summed E-state index contributed by atoms with van der Waals surface area (Å²) in [7, 11) is 9.21. The van der Waals surface area contributed by atoms with Crippen LogP contribution in [0.3, 0.4) is 0 Å². The topological polar surface area (TPSA) is 79.3 Å². The quantitative estimate of drug-likeness (QED) is 0.741. The second-order valence-electron chi connectivity index (χ2n) is 6.65. The summed E-state index contributed by atoms with van der Waals surface area (Å²) in [5, 5.41) is 9.03. The molecule has 0 atom stereocenters. The largest absolute Gasteiger partial charge is 0.493 e. The van der Waals surface area contributed by atoms with Gasteiger partial charge in [0.15, 0.2) is 11.5 Å². The Morgan fingerprint density at radius 1 is 1.14 bits per heavy atom. The molecule has 1 aliphatic heterocycles. The van der Waals surface area contributed by atoms with E-state index in [0.717, 1.165) is 5.56 Å². The Kier molecular flexibility index (Phi) is 5.77. The van der Waals surface area contributed by atoms with Crippen LogP contribution in [0.1, 0.15) is 11.1 Å². The van der Waals surface area contributed by atoms with Crippen LogP contribution in [-0.4, -0.2) is 62.0 Å². The van der Waals surface area contributed by atoms with Crippen LogP contribution in [0.15, 0.2) is 36.4 Å². The van der Waals surface area contributed by atoms with E-state index in [1.54, 1.807) is 53.2 Å². The number of hydrogen-bond donors (Lipinski definition) is 1. The maximum atomic E-state index is 12.2. The molecule has 28 heavy (non-hydrogen) atoms. The Bertz CT molecular complexity index is 902.